The van der Waals surface area contributed by atoms with Crippen LogP contribution in [0.5, 0.6) is 0 Å². The number of nitrogens with zero attached hydrogens (tertiary/aromatic N) is 1. The first-order chi connectivity index (χ1) is 12.6. The summed E-state index contributed by atoms with van der Waals surface area (Å²) in [5, 5.41) is 4.30. The fourth-order valence-electron chi connectivity index (χ4n) is 4.12. The van der Waals surface area contributed by atoms with Gasteiger partial charge in [0.2, 0.25) is 11.8 Å². The van der Waals surface area contributed by atoms with E-state index in [0.29, 0.717) is 6.54 Å². The average Bonchev–Trinajstić information content (AvgIpc) is 3.46. The van der Waals surface area contributed by atoms with Gasteiger partial charge in [0.15, 0.2) is 0 Å². The van der Waals surface area contributed by atoms with Crippen LogP contribution in [0.4, 0.5) is 0 Å². The maximum Gasteiger partial charge on any atom is 0.242 e. The summed E-state index contributed by atoms with van der Waals surface area (Å²) in [6.45, 7) is 3.41. The van der Waals surface area contributed by atoms with Gasteiger partial charge in [-0.15, -0.1) is 0 Å². The van der Waals surface area contributed by atoms with Crippen molar-refractivity contribution in [2.75, 3.05) is 13.1 Å². The van der Waals surface area contributed by atoms with Gasteiger partial charge in [-0.3, -0.25) is 9.59 Å². The molecule has 2 aromatic rings. The maximum absolute atomic E-state index is 12.7. The van der Waals surface area contributed by atoms with Gasteiger partial charge in [0.1, 0.15) is 6.04 Å². The highest BCUT2D eigenvalue weighted by molar-refractivity contribution is 5.89. The van der Waals surface area contributed by atoms with E-state index in [2.05, 4.69) is 29.4 Å². The minimum atomic E-state index is -0.277. The van der Waals surface area contributed by atoms with E-state index in [4.69, 9.17) is 0 Å². The Hall–Kier alpha value is -2.30. The minimum Gasteiger partial charge on any atom is -0.358 e. The number of amides is 2. The molecule has 5 heteroatoms. The highest BCUT2D eigenvalue weighted by Crippen LogP contribution is 2.33. The first kappa shape index (κ1) is 17.1. The molecule has 2 fully saturated rings. The molecule has 1 saturated heterocycles. The molecule has 2 amide bonds. The number of carbonyl (C=O) groups is 2. The quantitative estimate of drug-likeness (QED) is 0.868. The summed E-state index contributed by atoms with van der Waals surface area (Å²) in [6.07, 6.45) is 5.60. The van der Waals surface area contributed by atoms with Gasteiger partial charge in [-0.05, 0) is 57.1 Å². The Bertz CT molecular complexity index is 822. The van der Waals surface area contributed by atoms with E-state index in [1.165, 1.54) is 10.9 Å². The summed E-state index contributed by atoms with van der Waals surface area (Å²) < 4.78 is 0. The molecule has 138 valence electrons. The highest BCUT2D eigenvalue weighted by atomic mass is 16.2. The molecule has 1 saturated carbocycles. The largest absolute Gasteiger partial charge is 0.358 e. The van der Waals surface area contributed by atoms with Gasteiger partial charge in [-0.2, -0.15) is 0 Å². The molecule has 26 heavy (non-hydrogen) atoms. The molecule has 2 N–H and O–H groups in total. The standard InChI is InChI=1S/C21H27N3O2/c1-14-16(17-6-2-3-7-18(17)23-14)11-12-22-20(25)19-8-4-5-13-24(19)21(26)15-9-10-15/h2-3,6-7,15,19,23H,4-5,8-13H2,1H3,(H,22,25)/t19-/m0/s1. The summed E-state index contributed by atoms with van der Waals surface area (Å²) in [6, 6.07) is 7.99. The molecule has 1 aromatic heterocycles. The van der Waals surface area contributed by atoms with E-state index in [0.717, 1.165) is 56.3 Å². The van der Waals surface area contributed by atoms with E-state index < -0.39 is 0 Å². The number of carbonyl (C=O) groups excluding carboxylic acids is 2. The third-order valence-corrected chi connectivity index (χ3v) is 5.72. The van der Waals surface area contributed by atoms with Crippen molar-refractivity contribution in [2.45, 2.75) is 51.5 Å². The third-order valence-electron chi connectivity index (χ3n) is 5.72. The molecule has 0 spiro atoms. The normalized spacial score (nSPS) is 20.3. The smallest absolute Gasteiger partial charge is 0.242 e. The van der Waals surface area contributed by atoms with Gasteiger partial charge in [0, 0.05) is 35.6 Å². The third kappa shape index (κ3) is 3.35. The number of likely N-dealkylation sites (tertiary alicyclic amines) is 1. The molecule has 1 atom stereocenters. The van der Waals surface area contributed by atoms with Crippen LogP contribution in [-0.4, -0.2) is 40.8 Å². The van der Waals surface area contributed by atoms with Crippen molar-refractivity contribution >= 4 is 22.7 Å². The Balaban J connectivity index is 1.38. The first-order valence-electron chi connectivity index (χ1n) is 9.79. The molecule has 0 unspecified atom stereocenters. The van der Waals surface area contributed by atoms with Gasteiger partial charge >= 0.3 is 0 Å². The number of fused-ring (bicyclic) bond motifs is 1. The van der Waals surface area contributed by atoms with Crippen molar-refractivity contribution in [3.8, 4) is 0 Å². The number of H-pyrrole nitrogens is 1. The number of aromatic nitrogens is 1. The van der Waals surface area contributed by atoms with Crippen LogP contribution in [-0.2, 0) is 16.0 Å². The van der Waals surface area contributed by atoms with Crippen molar-refractivity contribution in [1.82, 2.24) is 15.2 Å². The highest BCUT2D eigenvalue weighted by Gasteiger charge is 2.39. The van der Waals surface area contributed by atoms with E-state index in [1.54, 1.807) is 0 Å². The molecule has 1 aliphatic carbocycles. The molecule has 2 aliphatic rings. The fraction of sp³-hybridized carbons (Fsp3) is 0.524. The number of hydrogen-bond acceptors (Lipinski definition) is 2. The number of benzene rings is 1. The van der Waals surface area contributed by atoms with E-state index >= 15 is 0 Å². The van der Waals surface area contributed by atoms with Crippen LogP contribution >= 0.6 is 0 Å². The summed E-state index contributed by atoms with van der Waals surface area (Å²) in [5.41, 5.74) is 3.55. The number of para-hydroxylation sites is 1. The van der Waals surface area contributed by atoms with Crippen LogP contribution < -0.4 is 5.32 Å². The van der Waals surface area contributed by atoms with Crippen molar-refractivity contribution < 1.29 is 9.59 Å². The van der Waals surface area contributed by atoms with Crippen LogP contribution in [0.1, 0.15) is 43.4 Å². The van der Waals surface area contributed by atoms with E-state index in [9.17, 15) is 9.59 Å². The number of aryl methyl sites for hydroxylation is 1. The van der Waals surface area contributed by atoms with Gasteiger partial charge < -0.3 is 15.2 Å². The van der Waals surface area contributed by atoms with Crippen molar-refractivity contribution in [3.05, 3.63) is 35.5 Å². The molecular formula is C21H27N3O2. The molecule has 5 nitrogen and oxygen atoms in total. The summed E-state index contributed by atoms with van der Waals surface area (Å²) in [4.78, 5) is 30.4. The molecule has 4 rings (SSSR count). The Kier molecular flexibility index (Phi) is 4.70. The average molecular weight is 353 g/mol. The van der Waals surface area contributed by atoms with E-state index in [1.807, 2.05) is 17.0 Å². The number of nitrogens with one attached hydrogen (secondary N) is 2. The first-order valence-corrected chi connectivity index (χ1v) is 9.79. The van der Waals surface area contributed by atoms with Crippen LogP contribution in [0.3, 0.4) is 0 Å². The van der Waals surface area contributed by atoms with Crippen LogP contribution in [0, 0.1) is 12.8 Å². The van der Waals surface area contributed by atoms with Crippen LogP contribution in [0.25, 0.3) is 10.9 Å². The fourth-order valence-corrected chi connectivity index (χ4v) is 4.12. The number of piperidine rings is 1. The Morgan fingerprint density at radius 3 is 2.81 bits per heavy atom. The summed E-state index contributed by atoms with van der Waals surface area (Å²) >= 11 is 0. The molecule has 2 heterocycles. The van der Waals surface area contributed by atoms with Crippen molar-refractivity contribution in [3.63, 3.8) is 0 Å². The number of aromatic amines is 1. The lowest BCUT2D eigenvalue weighted by Crippen LogP contribution is -2.52. The second-order valence-corrected chi connectivity index (χ2v) is 7.63. The Morgan fingerprint density at radius 1 is 1.19 bits per heavy atom. The zero-order valence-corrected chi connectivity index (χ0v) is 15.4. The predicted molar refractivity (Wildman–Crippen MR) is 102 cm³/mol. The second-order valence-electron chi connectivity index (χ2n) is 7.63. The second kappa shape index (κ2) is 7.14. The molecule has 1 aliphatic heterocycles. The lowest BCUT2D eigenvalue weighted by atomic mass is 10.0. The topological polar surface area (TPSA) is 65.2 Å². The maximum atomic E-state index is 12.7. The van der Waals surface area contributed by atoms with Crippen LogP contribution in [0.15, 0.2) is 24.3 Å². The lowest BCUT2D eigenvalue weighted by molar-refractivity contribution is -0.143. The summed E-state index contributed by atoms with van der Waals surface area (Å²) in [5.74, 6) is 0.380. The van der Waals surface area contributed by atoms with Crippen molar-refractivity contribution in [2.24, 2.45) is 5.92 Å². The SMILES string of the molecule is Cc1[nH]c2ccccc2c1CCNC(=O)[C@@H]1CCCCN1C(=O)C1CC1. The minimum absolute atomic E-state index is 0.0104. The van der Waals surface area contributed by atoms with Gasteiger partial charge in [-0.1, -0.05) is 18.2 Å². The zero-order valence-electron chi connectivity index (χ0n) is 15.4. The van der Waals surface area contributed by atoms with E-state index in [-0.39, 0.29) is 23.8 Å². The van der Waals surface area contributed by atoms with Gasteiger partial charge in [0.05, 0.1) is 0 Å². The van der Waals surface area contributed by atoms with Gasteiger partial charge in [0.25, 0.3) is 0 Å². The molecule has 0 bridgehead atoms. The van der Waals surface area contributed by atoms with Crippen LogP contribution in [0.2, 0.25) is 0 Å². The Morgan fingerprint density at radius 2 is 2.00 bits per heavy atom. The lowest BCUT2D eigenvalue weighted by Gasteiger charge is -2.35. The monoisotopic (exact) mass is 353 g/mol. The molecule has 0 radical (unpaired) electrons. The predicted octanol–water partition coefficient (Wildman–Crippen LogP) is 2.93. The van der Waals surface area contributed by atoms with Crippen molar-refractivity contribution in [1.29, 1.82) is 0 Å². The number of rotatable bonds is 5. The molecule has 1 aromatic carbocycles. The summed E-state index contributed by atoms with van der Waals surface area (Å²) in [7, 11) is 0. The molecular weight excluding hydrogens is 326 g/mol. The van der Waals surface area contributed by atoms with Gasteiger partial charge in [-0.25, -0.2) is 0 Å². The Labute approximate surface area is 154 Å². The zero-order chi connectivity index (χ0) is 18.1. The number of hydrogen-bond donors (Lipinski definition) is 2.